The largest absolute Gasteiger partial charge is 0.357 e. The minimum Gasteiger partial charge on any atom is -0.357 e. The quantitative estimate of drug-likeness (QED) is 0.502. The van der Waals surface area contributed by atoms with Crippen molar-refractivity contribution < 1.29 is 8.42 Å². The maximum atomic E-state index is 12.2. The first-order chi connectivity index (χ1) is 11.3. The van der Waals surface area contributed by atoms with Gasteiger partial charge in [-0.15, -0.1) is 11.8 Å². The molecule has 0 aromatic heterocycles. The Balaban J connectivity index is 2.13. The molecule has 2 rings (SSSR count). The number of hydrogen-bond donors (Lipinski definition) is 1. The zero-order valence-corrected chi connectivity index (χ0v) is 16.5. The maximum Gasteiger partial charge on any atom is 0.194 e. The second kappa shape index (κ2) is 7.78. The van der Waals surface area contributed by atoms with Gasteiger partial charge in [-0.2, -0.15) is 0 Å². The number of thioether (sulfide) groups is 1. The van der Waals surface area contributed by atoms with Crippen molar-refractivity contribution >= 4 is 27.6 Å². The highest BCUT2D eigenvalue weighted by Crippen LogP contribution is 2.24. The number of nitrogens with one attached hydrogen (secondary N) is 1. The smallest absolute Gasteiger partial charge is 0.194 e. The van der Waals surface area contributed by atoms with Crippen LogP contribution in [-0.4, -0.2) is 55.7 Å². The molecule has 5 nitrogen and oxygen atoms in total. The van der Waals surface area contributed by atoms with E-state index in [1.807, 2.05) is 6.92 Å². The number of nitrogens with zero attached hydrogens (tertiary/aromatic N) is 2. The third kappa shape index (κ3) is 4.45. The molecule has 1 aliphatic rings. The molecule has 0 spiro atoms. The van der Waals surface area contributed by atoms with Gasteiger partial charge in [0.15, 0.2) is 15.8 Å². The second-order valence-corrected chi connectivity index (χ2v) is 10.1. The van der Waals surface area contributed by atoms with E-state index in [-0.39, 0.29) is 5.75 Å². The van der Waals surface area contributed by atoms with Crippen LogP contribution in [0.4, 0.5) is 0 Å². The average Bonchev–Trinajstić information content (AvgIpc) is 2.54. The predicted octanol–water partition coefficient (Wildman–Crippen LogP) is 2.38. The van der Waals surface area contributed by atoms with Crippen molar-refractivity contribution in [3.63, 3.8) is 0 Å². The Hall–Kier alpha value is -1.21. The van der Waals surface area contributed by atoms with E-state index in [1.165, 1.54) is 4.90 Å². The van der Waals surface area contributed by atoms with Crippen LogP contribution in [-0.2, 0) is 16.4 Å². The van der Waals surface area contributed by atoms with Crippen molar-refractivity contribution in [2.24, 2.45) is 4.99 Å². The van der Waals surface area contributed by atoms with Crippen LogP contribution < -0.4 is 5.32 Å². The minimum atomic E-state index is -3.04. The van der Waals surface area contributed by atoms with Crippen LogP contribution in [0, 0.1) is 0 Å². The van der Waals surface area contributed by atoms with Crippen molar-refractivity contribution in [3.8, 4) is 0 Å². The molecule has 1 aliphatic heterocycles. The molecular formula is C17H27N3O2S2. The van der Waals surface area contributed by atoms with Crippen molar-refractivity contribution in [1.82, 2.24) is 10.2 Å². The third-order valence-electron chi connectivity index (χ3n) is 4.25. The highest BCUT2D eigenvalue weighted by atomic mass is 32.2. The molecule has 134 valence electrons. The molecule has 1 aromatic rings. The summed E-state index contributed by atoms with van der Waals surface area (Å²) in [4.78, 5) is 8.00. The van der Waals surface area contributed by atoms with E-state index in [0.29, 0.717) is 19.6 Å². The van der Waals surface area contributed by atoms with E-state index >= 15 is 0 Å². The zero-order valence-electron chi connectivity index (χ0n) is 14.9. The fraction of sp³-hybridized carbons (Fsp3) is 0.588. The SMILES string of the molecule is CCNC(=NCc1ccc(SC)cc1)N1CCS(=O)(=O)C(C)(C)C1. The molecule has 0 atom stereocenters. The van der Waals surface area contributed by atoms with Crippen LogP contribution in [0.3, 0.4) is 0 Å². The van der Waals surface area contributed by atoms with Crippen LogP contribution >= 0.6 is 11.8 Å². The van der Waals surface area contributed by atoms with Gasteiger partial charge in [0.05, 0.1) is 17.0 Å². The lowest BCUT2D eigenvalue weighted by molar-refractivity contribution is 0.353. The van der Waals surface area contributed by atoms with E-state index in [9.17, 15) is 8.42 Å². The summed E-state index contributed by atoms with van der Waals surface area (Å²) in [6.45, 7) is 7.90. The molecule has 0 bridgehead atoms. The molecule has 7 heteroatoms. The Morgan fingerprint density at radius 3 is 2.54 bits per heavy atom. The van der Waals surface area contributed by atoms with Gasteiger partial charge in [-0.05, 0) is 44.7 Å². The van der Waals surface area contributed by atoms with Crippen molar-refractivity contribution in [3.05, 3.63) is 29.8 Å². The van der Waals surface area contributed by atoms with E-state index in [4.69, 9.17) is 4.99 Å². The van der Waals surface area contributed by atoms with Crippen LogP contribution in [0.1, 0.15) is 26.3 Å². The van der Waals surface area contributed by atoms with Gasteiger partial charge in [0.25, 0.3) is 0 Å². The first-order valence-corrected chi connectivity index (χ1v) is 11.1. The van der Waals surface area contributed by atoms with Crippen molar-refractivity contribution in [2.75, 3.05) is 31.6 Å². The monoisotopic (exact) mass is 369 g/mol. The van der Waals surface area contributed by atoms with Crippen LogP contribution in [0.2, 0.25) is 0 Å². The lowest BCUT2D eigenvalue weighted by atomic mass is 10.2. The van der Waals surface area contributed by atoms with Crippen LogP contribution in [0.5, 0.6) is 0 Å². The highest BCUT2D eigenvalue weighted by Gasteiger charge is 2.40. The van der Waals surface area contributed by atoms with Gasteiger partial charge in [-0.3, -0.25) is 0 Å². The molecule has 1 N–H and O–H groups in total. The Bertz CT molecular complexity index is 682. The summed E-state index contributed by atoms with van der Waals surface area (Å²) in [7, 11) is -3.04. The van der Waals surface area contributed by atoms with E-state index in [2.05, 4.69) is 40.7 Å². The minimum absolute atomic E-state index is 0.173. The molecule has 0 radical (unpaired) electrons. The van der Waals surface area contributed by atoms with Crippen molar-refractivity contribution in [1.29, 1.82) is 0 Å². The van der Waals surface area contributed by atoms with Crippen molar-refractivity contribution in [2.45, 2.75) is 37.0 Å². The number of sulfone groups is 1. The number of rotatable bonds is 4. The van der Waals surface area contributed by atoms with Crippen LogP contribution in [0.25, 0.3) is 0 Å². The number of guanidine groups is 1. The zero-order chi connectivity index (χ0) is 17.8. The lowest BCUT2D eigenvalue weighted by Gasteiger charge is -2.39. The standard InChI is InChI=1S/C17H27N3O2S2/c1-5-18-16(19-12-14-6-8-15(23-4)9-7-14)20-10-11-24(21,22)17(2,3)13-20/h6-9H,5,10-13H2,1-4H3,(H,18,19). The fourth-order valence-corrected chi connectivity index (χ4v) is 4.42. The van der Waals surface area contributed by atoms with E-state index in [0.717, 1.165) is 18.1 Å². The molecule has 1 aromatic carbocycles. The predicted molar refractivity (Wildman–Crippen MR) is 102 cm³/mol. The Labute approximate surface area is 149 Å². The molecule has 0 unspecified atom stereocenters. The van der Waals surface area contributed by atoms with E-state index in [1.54, 1.807) is 25.6 Å². The van der Waals surface area contributed by atoms with Crippen LogP contribution in [0.15, 0.2) is 34.2 Å². The number of aliphatic imine (C=N–C) groups is 1. The first-order valence-electron chi connectivity index (χ1n) is 8.17. The fourth-order valence-electron chi connectivity index (χ4n) is 2.65. The molecule has 1 saturated heterocycles. The summed E-state index contributed by atoms with van der Waals surface area (Å²) < 4.78 is 23.6. The average molecular weight is 370 g/mol. The molecule has 0 amide bonds. The van der Waals surface area contributed by atoms with Gasteiger partial charge in [0, 0.05) is 24.5 Å². The third-order valence-corrected chi connectivity index (χ3v) is 7.52. The summed E-state index contributed by atoms with van der Waals surface area (Å²) >= 11 is 1.72. The summed E-state index contributed by atoms with van der Waals surface area (Å²) in [5.74, 6) is 0.960. The molecule has 1 fully saturated rings. The molecule has 24 heavy (non-hydrogen) atoms. The first kappa shape index (κ1) is 19.1. The molecule has 1 heterocycles. The molecule has 0 aliphatic carbocycles. The summed E-state index contributed by atoms with van der Waals surface area (Å²) in [5.41, 5.74) is 1.15. The number of benzene rings is 1. The van der Waals surface area contributed by atoms with E-state index < -0.39 is 14.6 Å². The van der Waals surface area contributed by atoms with Gasteiger partial charge in [-0.1, -0.05) is 12.1 Å². The van der Waals surface area contributed by atoms with Gasteiger partial charge in [0.1, 0.15) is 0 Å². The highest BCUT2D eigenvalue weighted by molar-refractivity contribution is 7.98. The number of hydrogen-bond acceptors (Lipinski definition) is 4. The lowest BCUT2D eigenvalue weighted by Crippen LogP contribution is -2.57. The normalized spacial score (nSPS) is 20.0. The molecular weight excluding hydrogens is 342 g/mol. The van der Waals surface area contributed by atoms with Gasteiger partial charge in [0.2, 0.25) is 0 Å². The van der Waals surface area contributed by atoms with Gasteiger partial charge < -0.3 is 10.2 Å². The van der Waals surface area contributed by atoms with Gasteiger partial charge in [-0.25, -0.2) is 13.4 Å². The summed E-state index contributed by atoms with van der Waals surface area (Å²) in [5, 5.41) is 3.29. The summed E-state index contributed by atoms with van der Waals surface area (Å²) in [6.07, 6.45) is 2.06. The Morgan fingerprint density at radius 2 is 2.00 bits per heavy atom. The topological polar surface area (TPSA) is 61.8 Å². The Kier molecular flexibility index (Phi) is 6.20. The second-order valence-electron chi connectivity index (χ2n) is 6.52. The maximum absolute atomic E-state index is 12.2. The molecule has 0 saturated carbocycles. The Morgan fingerprint density at radius 1 is 1.33 bits per heavy atom. The summed E-state index contributed by atoms with van der Waals surface area (Å²) in [6, 6.07) is 8.37. The van der Waals surface area contributed by atoms with Gasteiger partial charge >= 0.3 is 0 Å².